The minimum Gasteiger partial charge on any atom is -0.497 e. The zero-order chi connectivity index (χ0) is 24.3. The van der Waals surface area contributed by atoms with E-state index in [0.29, 0.717) is 23.6 Å². The molecule has 0 saturated carbocycles. The molecule has 0 aliphatic carbocycles. The average molecular weight is 487 g/mol. The number of benzene rings is 2. The van der Waals surface area contributed by atoms with E-state index in [1.165, 1.54) is 42.8 Å². The first-order chi connectivity index (χ1) is 16.3. The van der Waals surface area contributed by atoms with Crippen LogP contribution < -0.4 is 14.8 Å². The van der Waals surface area contributed by atoms with Gasteiger partial charge < -0.3 is 13.9 Å². The summed E-state index contributed by atoms with van der Waals surface area (Å²) in [4.78, 5) is 12.8. The van der Waals surface area contributed by atoms with E-state index in [1.807, 2.05) is 6.92 Å². The highest BCUT2D eigenvalue weighted by Crippen LogP contribution is 2.33. The van der Waals surface area contributed by atoms with Gasteiger partial charge >= 0.3 is 6.01 Å². The van der Waals surface area contributed by atoms with Crippen molar-refractivity contribution in [2.75, 3.05) is 26.1 Å². The summed E-state index contributed by atoms with van der Waals surface area (Å²) in [5, 5.41) is 10.4. The van der Waals surface area contributed by atoms with Crippen molar-refractivity contribution < 1.29 is 27.1 Å². The van der Waals surface area contributed by atoms with Gasteiger partial charge in [0.15, 0.2) is 0 Å². The van der Waals surface area contributed by atoms with Crippen LogP contribution in [0.4, 0.5) is 6.01 Å². The maximum absolute atomic E-state index is 13.0. The van der Waals surface area contributed by atoms with Crippen LogP contribution >= 0.6 is 0 Å². The van der Waals surface area contributed by atoms with Crippen LogP contribution in [0.25, 0.3) is 11.5 Å². The fraction of sp³-hybridized carbons (Fsp3) is 0.348. The molecule has 1 unspecified atom stereocenters. The Labute approximate surface area is 197 Å². The van der Waals surface area contributed by atoms with E-state index in [9.17, 15) is 13.2 Å². The maximum atomic E-state index is 13.0. The topological polar surface area (TPSA) is 124 Å². The first kappa shape index (κ1) is 23.7. The summed E-state index contributed by atoms with van der Waals surface area (Å²) in [5.41, 5.74) is 0.765. The minimum absolute atomic E-state index is 0.0448. The quantitative estimate of drug-likeness (QED) is 0.538. The monoisotopic (exact) mass is 486 g/mol. The molecule has 1 aliphatic rings. The fourth-order valence-electron chi connectivity index (χ4n) is 3.88. The molecule has 11 heteroatoms. The van der Waals surface area contributed by atoms with E-state index >= 15 is 0 Å². The Morgan fingerprint density at radius 3 is 2.53 bits per heavy atom. The second-order valence-corrected chi connectivity index (χ2v) is 9.81. The molecule has 0 spiro atoms. The van der Waals surface area contributed by atoms with Crippen molar-refractivity contribution in [1.29, 1.82) is 0 Å². The summed E-state index contributed by atoms with van der Waals surface area (Å²) in [6, 6.07) is 10.8. The number of nitrogens with one attached hydrogen (secondary N) is 1. The molecule has 1 N–H and O–H groups in total. The third-order valence-corrected chi connectivity index (χ3v) is 7.78. The Balaban J connectivity index is 1.49. The molecule has 180 valence electrons. The van der Waals surface area contributed by atoms with E-state index in [4.69, 9.17) is 13.9 Å². The maximum Gasteiger partial charge on any atom is 0.322 e. The number of carbonyl (C=O) groups is 1. The Morgan fingerprint density at radius 1 is 1.09 bits per heavy atom. The summed E-state index contributed by atoms with van der Waals surface area (Å²) >= 11 is 0. The van der Waals surface area contributed by atoms with Gasteiger partial charge in [0, 0.05) is 18.2 Å². The number of carbonyl (C=O) groups excluding carboxylic acids is 1. The molecule has 2 heterocycles. The lowest BCUT2D eigenvalue weighted by Gasteiger charge is -2.32. The van der Waals surface area contributed by atoms with Crippen molar-refractivity contribution in [2.24, 2.45) is 0 Å². The highest BCUT2D eigenvalue weighted by Gasteiger charge is 2.31. The predicted octanol–water partition coefficient (Wildman–Crippen LogP) is 3.57. The molecule has 1 aliphatic heterocycles. The molecule has 0 bridgehead atoms. The Hall–Kier alpha value is -3.44. The van der Waals surface area contributed by atoms with Gasteiger partial charge in [-0.05, 0) is 62.2 Å². The largest absolute Gasteiger partial charge is 0.497 e. The Kier molecular flexibility index (Phi) is 6.85. The van der Waals surface area contributed by atoms with Crippen LogP contribution in [-0.2, 0) is 10.0 Å². The van der Waals surface area contributed by atoms with Crippen LogP contribution in [0.15, 0.2) is 51.8 Å². The molecule has 1 atom stereocenters. The van der Waals surface area contributed by atoms with E-state index in [2.05, 4.69) is 15.5 Å². The third kappa shape index (κ3) is 4.75. The molecule has 4 rings (SSSR count). The minimum atomic E-state index is -3.61. The number of amides is 1. The van der Waals surface area contributed by atoms with Crippen molar-refractivity contribution >= 4 is 21.9 Å². The number of sulfonamides is 1. The molecule has 1 saturated heterocycles. The molecule has 1 fully saturated rings. The van der Waals surface area contributed by atoms with Gasteiger partial charge in [-0.15, -0.1) is 5.10 Å². The summed E-state index contributed by atoms with van der Waals surface area (Å²) in [6.07, 6.45) is 2.71. The van der Waals surface area contributed by atoms with Crippen LogP contribution in [0.2, 0.25) is 0 Å². The standard InChI is InChI=1S/C23H26N4O6S/c1-15-6-4-5-13-27(15)34(29,30)18-10-7-16(8-11-18)21(28)24-23-26-25-22(33-23)19-14-17(31-2)9-12-20(19)32-3/h7-12,14-15H,4-6,13H2,1-3H3,(H,24,26,28). The van der Waals surface area contributed by atoms with Crippen LogP contribution in [-0.4, -0.2) is 55.6 Å². The molecule has 1 aromatic heterocycles. The average Bonchev–Trinajstić information content (AvgIpc) is 3.32. The molecular weight excluding hydrogens is 460 g/mol. The molecule has 2 aromatic carbocycles. The second kappa shape index (κ2) is 9.82. The van der Waals surface area contributed by atoms with Gasteiger partial charge in [-0.3, -0.25) is 10.1 Å². The number of rotatable bonds is 7. The molecule has 34 heavy (non-hydrogen) atoms. The first-order valence-corrected chi connectivity index (χ1v) is 12.3. The summed E-state index contributed by atoms with van der Waals surface area (Å²) < 4.78 is 43.6. The SMILES string of the molecule is COc1ccc(OC)c(-c2nnc(NC(=O)c3ccc(S(=O)(=O)N4CCCCC4C)cc3)o2)c1. The molecular formula is C23H26N4O6S. The number of nitrogens with zero attached hydrogens (tertiary/aromatic N) is 3. The zero-order valence-corrected chi connectivity index (χ0v) is 20.0. The van der Waals surface area contributed by atoms with Gasteiger partial charge in [0.05, 0.1) is 24.7 Å². The molecule has 3 aromatic rings. The number of piperidine rings is 1. The number of ether oxygens (including phenoxy) is 2. The van der Waals surface area contributed by atoms with Crippen LogP contribution in [0.5, 0.6) is 11.5 Å². The highest BCUT2D eigenvalue weighted by atomic mass is 32.2. The van der Waals surface area contributed by atoms with E-state index in [-0.39, 0.29) is 28.4 Å². The third-order valence-electron chi connectivity index (χ3n) is 5.75. The Bertz CT molecular complexity index is 1270. The second-order valence-electron chi connectivity index (χ2n) is 7.92. The number of hydrogen-bond acceptors (Lipinski definition) is 8. The zero-order valence-electron chi connectivity index (χ0n) is 19.1. The summed E-state index contributed by atoms with van der Waals surface area (Å²) in [5.74, 6) is 0.710. The lowest BCUT2D eigenvalue weighted by Crippen LogP contribution is -2.41. The van der Waals surface area contributed by atoms with E-state index < -0.39 is 15.9 Å². The van der Waals surface area contributed by atoms with Crippen molar-refractivity contribution in [3.63, 3.8) is 0 Å². The van der Waals surface area contributed by atoms with Gasteiger partial charge in [-0.2, -0.15) is 4.31 Å². The molecule has 10 nitrogen and oxygen atoms in total. The van der Waals surface area contributed by atoms with Gasteiger partial charge in [0.2, 0.25) is 10.0 Å². The van der Waals surface area contributed by atoms with Gasteiger partial charge in [-0.25, -0.2) is 8.42 Å². The van der Waals surface area contributed by atoms with Crippen molar-refractivity contribution in [3.8, 4) is 23.0 Å². The first-order valence-electron chi connectivity index (χ1n) is 10.8. The van der Waals surface area contributed by atoms with Crippen LogP contribution in [0.1, 0.15) is 36.5 Å². The van der Waals surface area contributed by atoms with Gasteiger partial charge in [0.25, 0.3) is 11.8 Å². The van der Waals surface area contributed by atoms with Crippen LogP contribution in [0, 0.1) is 0 Å². The van der Waals surface area contributed by atoms with Crippen LogP contribution in [0.3, 0.4) is 0 Å². The molecule has 0 radical (unpaired) electrons. The Morgan fingerprint density at radius 2 is 1.85 bits per heavy atom. The number of anilines is 1. The lowest BCUT2D eigenvalue weighted by molar-refractivity contribution is 0.102. The smallest absolute Gasteiger partial charge is 0.322 e. The number of aromatic nitrogens is 2. The van der Waals surface area contributed by atoms with Crippen molar-refractivity contribution in [1.82, 2.24) is 14.5 Å². The predicted molar refractivity (Wildman–Crippen MR) is 124 cm³/mol. The normalized spacial score (nSPS) is 16.7. The van der Waals surface area contributed by atoms with Gasteiger partial charge in [-0.1, -0.05) is 11.5 Å². The summed E-state index contributed by atoms with van der Waals surface area (Å²) in [6.45, 7) is 2.42. The van der Waals surface area contributed by atoms with E-state index in [0.717, 1.165) is 19.3 Å². The lowest BCUT2D eigenvalue weighted by atomic mass is 10.1. The molecule has 1 amide bonds. The van der Waals surface area contributed by atoms with Crippen molar-refractivity contribution in [2.45, 2.75) is 37.1 Å². The van der Waals surface area contributed by atoms with Crippen molar-refractivity contribution in [3.05, 3.63) is 48.0 Å². The number of hydrogen-bond donors (Lipinski definition) is 1. The van der Waals surface area contributed by atoms with Gasteiger partial charge in [0.1, 0.15) is 11.5 Å². The fourth-order valence-corrected chi connectivity index (χ4v) is 5.58. The summed E-state index contributed by atoms with van der Waals surface area (Å²) in [7, 11) is -0.563. The number of methoxy groups -OCH3 is 2. The van der Waals surface area contributed by atoms with E-state index in [1.54, 1.807) is 18.2 Å². The highest BCUT2D eigenvalue weighted by molar-refractivity contribution is 7.89.